The van der Waals surface area contributed by atoms with E-state index >= 15 is 0 Å². The smallest absolute Gasteiger partial charge is 0.381 e. The number of hydrogen-bond donors (Lipinski definition) is 1. The number of amides is 2. The number of hydrogen-bond acceptors (Lipinski definition) is 5. The molecule has 1 saturated heterocycles. The predicted octanol–water partition coefficient (Wildman–Crippen LogP) is 3.76. The maximum Gasteiger partial charge on any atom is 0.419 e. The lowest BCUT2D eigenvalue weighted by Gasteiger charge is -2.17. The number of nitrogens with one attached hydrogen (secondary N) is 1. The lowest BCUT2D eigenvalue weighted by molar-refractivity contribution is -0.139. The molecule has 2 unspecified atom stereocenters. The van der Waals surface area contributed by atoms with E-state index in [-0.39, 0.29) is 5.82 Å². The van der Waals surface area contributed by atoms with Crippen molar-refractivity contribution >= 4 is 29.2 Å². The fourth-order valence-corrected chi connectivity index (χ4v) is 2.96. The van der Waals surface area contributed by atoms with Gasteiger partial charge in [0.05, 0.1) is 11.5 Å². The molecule has 10 heteroatoms. The van der Waals surface area contributed by atoms with Crippen LogP contribution in [-0.2, 0) is 20.5 Å². The molecule has 1 aromatic heterocycles. The fraction of sp³-hybridized carbons (Fsp3) is 0.588. The maximum atomic E-state index is 12.7. The van der Waals surface area contributed by atoms with Crippen molar-refractivity contribution in [2.75, 3.05) is 18.6 Å². The fourth-order valence-electron chi connectivity index (χ4n) is 2.70. The van der Waals surface area contributed by atoms with Crippen molar-refractivity contribution in [1.29, 1.82) is 0 Å². The van der Waals surface area contributed by atoms with Crippen molar-refractivity contribution in [3.05, 3.63) is 22.8 Å². The molecule has 1 N–H and O–H groups in total. The monoisotopic (exact) mass is 407 g/mol. The summed E-state index contributed by atoms with van der Waals surface area (Å²) < 4.78 is 43.7. The normalized spacial score (nSPS) is 20.7. The number of alkyl halides is 3. The Hall–Kier alpha value is -1.87. The van der Waals surface area contributed by atoms with Gasteiger partial charge in [0.1, 0.15) is 11.0 Å². The summed E-state index contributed by atoms with van der Waals surface area (Å²) in [6, 6.07) is 1.75. The van der Waals surface area contributed by atoms with Gasteiger partial charge in [-0.1, -0.05) is 32.4 Å². The molecule has 2 atom stereocenters. The first-order valence-electron chi connectivity index (χ1n) is 8.48. The van der Waals surface area contributed by atoms with E-state index in [1.807, 2.05) is 13.8 Å². The third kappa shape index (κ3) is 5.10. The summed E-state index contributed by atoms with van der Waals surface area (Å²) in [5, 5.41) is 0.0160. The summed E-state index contributed by atoms with van der Waals surface area (Å²) in [7, 11) is 0. The van der Waals surface area contributed by atoms with Gasteiger partial charge in [-0.2, -0.15) is 18.2 Å². The van der Waals surface area contributed by atoms with E-state index in [1.54, 1.807) is 6.92 Å². The Balaban J connectivity index is 2.05. The Morgan fingerprint density at radius 1 is 1.30 bits per heavy atom. The SMILES string of the molecule is CC(C)COCCC1C(=O)N(Nc2ccc(C(F)(F)F)c(Cl)n2)C(=O)C1C. The highest BCUT2D eigenvalue weighted by Crippen LogP contribution is 2.35. The summed E-state index contributed by atoms with van der Waals surface area (Å²) in [4.78, 5) is 28.4. The molecule has 0 radical (unpaired) electrons. The van der Waals surface area contributed by atoms with Crippen molar-refractivity contribution in [3.63, 3.8) is 0 Å². The lowest BCUT2D eigenvalue weighted by atomic mass is 9.94. The largest absolute Gasteiger partial charge is 0.419 e. The third-order valence-corrected chi connectivity index (χ3v) is 4.44. The van der Waals surface area contributed by atoms with Gasteiger partial charge in [-0.25, -0.2) is 4.98 Å². The molecule has 1 aromatic rings. The van der Waals surface area contributed by atoms with Crippen LogP contribution in [0.3, 0.4) is 0 Å². The molecule has 0 saturated carbocycles. The Kier molecular flexibility index (Phi) is 6.69. The molecule has 0 bridgehead atoms. The first-order valence-corrected chi connectivity index (χ1v) is 8.86. The van der Waals surface area contributed by atoms with Crippen LogP contribution in [-0.4, -0.2) is 35.0 Å². The zero-order valence-corrected chi connectivity index (χ0v) is 15.9. The number of halogens is 4. The zero-order chi connectivity index (χ0) is 20.4. The van der Waals surface area contributed by atoms with Crippen molar-refractivity contribution in [2.24, 2.45) is 17.8 Å². The van der Waals surface area contributed by atoms with Crippen LogP contribution < -0.4 is 5.43 Å². The number of ether oxygens (including phenoxy) is 1. The molecule has 0 aromatic carbocycles. The van der Waals surface area contributed by atoms with Crippen LogP contribution >= 0.6 is 11.6 Å². The van der Waals surface area contributed by atoms with Gasteiger partial charge in [-0.05, 0) is 24.5 Å². The van der Waals surface area contributed by atoms with Gasteiger partial charge in [0.15, 0.2) is 0 Å². The van der Waals surface area contributed by atoms with Crippen LogP contribution in [0.25, 0.3) is 0 Å². The van der Waals surface area contributed by atoms with Crippen molar-refractivity contribution in [3.8, 4) is 0 Å². The van der Waals surface area contributed by atoms with Crippen LogP contribution in [0.1, 0.15) is 32.8 Å². The minimum Gasteiger partial charge on any atom is -0.381 e. The number of pyridine rings is 1. The second-order valence-electron chi connectivity index (χ2n) is 6.81. The van der Waals surface area contributed by atoms with E-state index in [2.05, 4.69) is 10.4 Å². The van der Waals surface area contributed by atoms with Gasteiger partial charge in [-0.15, -0.1) is 0 Å². The van der Waals surface area contributed by atoms with Crippen LogP contribution in [0.15, 0.2) is 12.1 Å². The summed E-state index contributed by atoms with van der Waals surface area (Å²) in [6.07, 6.45) is -4.27. The molecule has 1 aliphatic rings. The Labute approximate surface area is 160 Å². The second kappa shape index (κ2) is 8.43. The quantitative estimate of drug-likeness (QED) is 0.423. The van der Waals surface area contributed by atoms with E-state index in [4.69, 9.17) is 16.3 Å². The first kappa shape index (κ1) is 21.4. The highest BCUT2D eigenvalue weighted by molar-refractivity contribution is 6.30. The molecular formula is C17H21ClF3N3O3. The van der Waals surface area contributed by atoms with Gasteiger partial charge in [0.2, 0.25) is 0 Å². The van der Waals surface area contributed by atoms with E-state index < -0.39 is 40.5 Å². The van der Waals surface area contributed by atoms with E-state index in [0.717, 1.165) is 17.1 Å². The van der Waals surface area contributed by atoms with Crippen LogP contribution in [0.4, 0.5) is 19.0 Å². The van der Waals surface area contributed by atoms with Gasteiger partial charge in [0.25, 0.3) is 11.8 Å². The van der Waals surface area contributed by atoms with E-state index in [1.165, 1.54) is 0 Å². The molecule has 1 fully saturated rings. The molecule has 6 nitrogen and oxygen atoms in total. The van der Waals surface area contributed by atoms with E-state index in [9.17, 15) is 22.8 Å². The van der Waals surface area contributed by atoms with Crippen LogP contribution in [0, 0.1) is 17.8 Å². The minimum absolute atomic E-state index is 0.126. The molecule has 1 aliphatic heterocycles. The minimum atomic E-state index is -4.64. The standard InChI is InChI=1S/C17H21ClF3N3O3/c1-9(2)8-27-7-6-11-10(3)15(25)24(16(11)26)23-13-5-4-12(14(18)22-13)17(19,20)21/h4-5,9-11H,6-8H2,1-3H3,(H,22,23). The van der Waals surface area contributed by atoms with E-state index in [0.29, 0.717) is 25.6 Å². The van der Waals surface area contributed by atoms with Crippen molar-refractivity contribution in [2.45, 2.75) is 33.4 Å². The molecule has 0 spiro atoms. The molecule has 150 valence electrons. The summed E-state index contributed by atoms with van der Waals surface area (Å²) >= 11 is 5.56. The average Bonchev–Trinajstić information content (AvgIpc) is 2.74. The van der Waals surface area contributed by atoms with Crippen molar-refractivity contribution in [1.82, 2.24) is 9.99 Å². The highest BCUT2D eigenvalue weighted by Gasteiger charge is 2.45. The van der Waals surface area contributed by atoms with Gasteiger partial charge >= 0.3 is 6.18 Å². The number of nitrogens with zero attached hydrogens (tertiary/aromatic N) is 2. The molecule has 2 heterocycles. The van der Waals surface area contributed by atoms with Gasteiger partial charge in [-0.3, -0.25) is 15.0 Å². The number of rotatable bonds is 7. The Morgan fingerprint density at radius 2 is 1.96 bits per heavy atom. The molecule has 0 aliphatic carbocycles. The average molecular weight is 408 g/mol. The third-order valence-electron chi connectivity index (χ3n) is 4.16. The van der Waals surface area contributed by atoms with Crippen LogP contribution in [0.5, 0.6) is 0 Å². The second-order valence-corrected chi connectivity index (χ2v) is 7.17. The first-order chi connectivity index (χ1) is 12.5. The zero-order valence-electron chi connectivity index (χ0n) is 15.1. The predicted molar refractivity (Wildman–Crippen MR) is 92.7 cm³/mol. The highest BCUT2D eigenvalue weighted by atomic mass is 35.5. The van der Waals surface area contributed by atoms with Gasteiger partial charge < -0.3 is 4.74 Å². The number of imide groups is 1. The van der Waals surface area contributed by atoms with Crippen molar-refractivity contribution < 1.29 is 27.5 Å². The molecule has 27 heavy (non-hydrogen) atoms. The topological polar surface area (TPSA) is 71.5 Å². The summed E-state index contributed by atoms with van der Waals surface area (Å²) in [5.74, 6) is -1.86. The summed E-state index contributed by atoms with van der Waals surface area (Å²) in [5.41, 5.74) is 1.36. The lowest BCUT2D eigenvalue weighted by Crippen LogP contribution is -2.37. The maximum absolute atomic E-state index is 12.7. The molecule has 2 rings (SSSR count). The Bertz CT molecular complexity index is 712. The Morgan fingerprint density at radius 3 is 2.52 bits per heavy atom. The van der Waals surface area contributed by atoms with Gasteiger partial charge in [0, 0.05) is 19.1 Å². The molecular weight excluding hydrogens is 387 g/mol. The number of anilines is 1. The number of hydrazine groups is 1. The van der Waals surface area contributed by atoms with Crippen LogP contribution in [0.2, 0.25) is 5.15 Å². The summed E-state index contributed by atoms with van der Waals surface area (Å²) in [6.45, 7) is 6.52. The number of carbonyl (C=O) groups is 2. The number of aromatic nitrogens is 1. The molecule has 2 amide bonds. The number of carbonyl (C=O) groups excluding carboxylic acids is 2.